The molecule has 2 bridgehead atoms. The predicted octanol–water partition coefficient (Wildman–Crippen LogP) is 3.32. The number of carbonyl (C=O) groups is 2. The van der Waals surface area contributed by atoms with Gasteiger partial charge in [0.1, 0.15) is 6.04 Å². The lowest BCUT2D eigenvalue weighted by molar-refractivity contribution is -0.121. The van der Waals surface area contributed by atoms with Gasteiger partial charge in [-0.25, -0.2) is 0 Å². The summed E-state index contributed by atoms with van der Waals surface area (Å²) in [6.45, 7) is 0. The number of hydrogen-bond donors (Lipinski definition) is 1. The van der Waals surface area contributed by atoms with E-state index in [0.29, 0.717) is 5.56 Å². The maximum absolute atomic E-state index is 13.0. The normalized spacial score (nSPS) is 24.8. The first-order valence-electron chi connectivity index (χ1n) is 8.47. The van der Waals surface area contributed by atoms with Crippen molar-refractivity contribution in [1.29, 1.82) is 0 Å². The number of nitrogens with zero attached hydrogens (tertiary/aromatic N) is 1. The maximum atomic E-state index is 13.0. The minimum atomic E-state index is -0.364. The van der Waals surface area contributed by atoms with E-state index in [-0.39, 0.29) is 29.8 Å². The third kappa shape index (κ3) is 2.58. The molecule has 3 atom stereocenters. The summed E-state index contributed by atoms with van der Waals surface area (Å²) in [5, 5.41) is 2.97. The molecule has 24 heavy (non-hydrogen) atoms. The van der Waals surface area contributed by atoms with Crippen LogP contribution >= 0.6 is 0 Å². The number of para-hydroxylation sites is 1. The minimum absolute atomic E-state index is 0.0315. The van der Waals surface area contributed by atoms with Gasteiger partial charge < -0.3 is 10.2 Å². The number of anilines is 1. The number of benzene rings is 2. The Labute approximate surface area is 141 Å². The number of nitrogens with one attached hydrogen (secondary N) is 1. The number of carbonyl (C=O) groups excluding carboxylic acids is 2. The fourth-order valence-corrected chi connectivity index (χ4v) is 4.09. The largest absolute Gasteiger partial charge is 0.324 e. The lowest BCUT2D eigenvalue weighted by Gasteiger charge is -2.34. The average molecular weight is 320 g/mol. The fraction of sp³-hybridized carbons (Fsp3) is 0.300. The number of rotatable bonds is 3. The lowest BCUT2D eigenvalue weighted by Crippen LogP contribution is -2.50. The molecule has 1 heterocycles. The Kier molecular flexibility index (Phi) is 3.81. The van der Waals surface area contributed by atoms with Gasteiger partial charge >= 0.3 is 0 Å². The highest BCUT2D eigenvalue weighted by atomic mass is 16.2. The molecule has 0 aromatic heterocycles. The first-order valence-corrected chi connectivity index (χ1v) is 8.47. The van der Waals surface area contributed by atoms with Crippen LogP contribution in [0, 0.1) is 5.92 Å². The van der Waals surface area contributed by atoms with Gasteiger partial charge in [-0.1, -0.05) is 36.4 Å². The topological polar surface area (TPSA) is 49.4 Å². The van der Waals surface area contributed by atoms with Gasteiger partial charge in [-0.15, -0.1) is 0 Å². The average Bonchev–Trinajstić information content (AvgIpc) is 3.24. The van der Waals surface area contributed by atoms with Crippen molar-refractivity contribution in [3.8, 4) is 0 Å². The van der Waals surface area contributed by atoms with Crippen molar-refractivity contribution in [2.24, 2.45) is 5.92 Å². The van der Waals surface area contributed by atoms with Gasteiger partial charge in [0.2, 0.25) is 5.91 Å². The molecule has 2 aromatic rings. The summed E-state index contributed by atoms with van der Waals surface area (Å²) in [4.78, 5) is 27.6. The molecule has 122 valence electrons. The zero-order valence-electron chi connectivity index (χ0n) is 13.4. The molecule has 4 heteroatoms. The van der Waals surface area contributed by atoms with E-state index in [1.165, 1.54) is 0 Å². The fourth-order valence-electron chi connectivity index (χ4n) is 4.09. The molecule has 2 fully saturated rings. The zero-order chi connectivity index (χ0) is 16.5. The van der Waals surface area contributed by atoms with Crippen molar-refractivity contribution in [1.82, 2.24) is 4.90 Å². The number of fused-ring (bicyclic) bond motifs is 2. The Morgan fingerprint density at radius 3 is 2.29 bits per heavy atom. The highest BCUT2D eigenvalue weighted by Crippen LogP contribution is 2.43. The van der Waals surface area contributed by atoms with Crippen molar-refractivity contribution in [2.45, 2.75) is 31.3 Å². The highest BCUT2D eigenvalue weighted by molar-refractivity contribution is 6.02. The van der Waals surface area contributed by atoms with Gasteiger partial charge in [-0.2, -0.15) is 0 Å². The van der Waals surface area contributed by atoms with Crippen LogP contribution in [-0.2, 0) is 4.79 Å². The van der Waals surface area contributed by atoms with Crippen LogP contribution in [0.25, 0.3) is 0 Å². The van der Waals surface area contributed by atoms with E-state index in [0.717, 1.165) is 24.9 Å². The van der Waals surface area contributed by atoms with Gasteiger partial charge in [-0.05, 0) is 49.4 Å². The summed E-state index contributed by atoms with van der Waals surface area (Å²) < 4.78 is 0. The van der Waals surface area contributed by atoms with Gasteiger partial charge in [0.05, 0.1) is 0 Å². The first kappa shape index (κ1) is 14.9. The summed E-state index contributed by atoms with van der Waals surface area (Å²) in [5.74, 6) is 0.167. The zero-order valence-corrected chi connectivity index (χ0v) is 13.4. The molecule has 1 saturated heterocycles. The third-order valence-corrected chi connectivity index (χ3v) is 5.15. The molecule has 0 spiro atoms. The molecule has 2 aromatic carbocycles. The van der Waals surface area contributed by atoms with Crippen LogP contribution in [0.4, 0.5) is 5.69 Å². The Morgan fingerprint density at radius 2 is 1.58 bits per heavy atom. The van der Waals surface area contributed by atoms with Crippen LogP contribution in [0.5, 0.6) is 0 Å². The van der Waals surface area contributed by atoms with E-state index in [2.05, 4.69) is 5.32 Å². The second-order valence-electron chi connectivity index (χ2n) is 6.61. The Balaban J connectivity index is 1.58. The van der Waals surface area contributed by atoms with Crippen LogP contribution in [0.2, 0.25) is 0 Å². The third-order valence-electron chi connectivity index (χ3n) is 5.15. The second-order valence-corrected chi connectivity index (χ2v) is 6.61. The molecule has 0 unspecified atom stereocenters. The summed E-state index contributed by atoms with van der Waals surface area (Å²) >= 11 is 0. The standard InChI is InChI=1S/C20H20N2O2/c23-19(21-16-9-5-2-6-10-16)18-15-11-12-17(13-15)22(18)20(24)14-7-3-1-4-8-14/h1-10,15,17-18H,11-13H2,(H,21,23)/t15-,17-,18+/m0/s1. The summed E-state index contributed by atoms with van der Waals surface area (Å²) in [5.41, 5.74) is 1.43. The highest BCUT2D eigenvalue weighted by Gasteiger charge is 2.51. The summed E-state index contributed by atoms with van der Waals surface area (Å²) in [6.07, 6.45) is 2.96. The van der Waals surface area contributed by atoms with Crippen LogP contribution in [-0.4, -0.2) is 28.8 Å². The smallest absolute Gasteiger partial charge is 0.254 e. The Bertz CT molecular complexity index is 745. The predicted molar refractivity (Wildman–Crippen MR) is 92.6 cm³/mol. The summed E-state index contributed by atoms with van der Waals surface area (Å²) in [7, 11) is 0. The molecule has 1 aliphatic heterocycles. The molecular formula is C20H20N2O2. The molecule has 2 aliphatic rings. The van der Waals surface area contributed by atoms with Gasteiger partial charge in [0, 0.05) is 17.3 Å². The molecule has 2 amide bonds. The number of amides is 2. The monoisotopic (exact) mass is 320 g/mol. The Morgan fingerprint density at radius 1 is 0.917 bits per heavy atom. The number of hydrogen-bond acceptors (Lipinski definition) is 2. The SMILES string of the molecule is O=C(Nc1ccccc1)[C@H]1[C@H]2CC[C@@H](C2)N1C(=O)c1ccccc1. The number of piperidine rings is 1. The van der Waals surface area contributed by atoms with E-state index < -0.39 is 0 Å². The molecule has 4 rings (SSSR count). The molecule has 0 radical (unpaired) electrons. The molecule has 1 aliphatic carbocycles. The van der Waals surface area contributed by atoms with E-state index in [1.54, 1.807) is 0 Å². The van der Waals surface area contributed by atoms with Crippen molar-refractivity contribution in [3.63, 3.8) is 0 Å². The van der Waals surface area contributed by atoms with Gasteiger partial charge in [0.15, 0.2) is 0 Å². The van der Waals surface area contributed by atoms with Crippen molar-refractivity contribution < 1.29 is 9.59 Å². The van der Waals surface area contributed by atoms with Crippen LogP contribution in [0.15, 0.2) is 60.7 Å². The van der Waals surface area contributed by atoms with E-state index in [1.807, 2.05) is 65.6 Å². The van der Waals surface area contributed by atoms with Gasteiger partial charge in [-0.3, -0.25) is 9.59 Å². The van der Waals surface area contributed by atoms with Crippen LogP contribution in [0.1, 0.15) is 29.6 Å². The minimum Gasteiger partial charge on any atom is -0.324 e. The van der Waals surface area contributed by atoms with Crippen molar-refractivity contribution in [3.05, 3.63) is 66.2 Å². The molecule has 1 N–H and O–H groups in total. The molecule has 1 saturated carbocycles. The maximum Gasteiger partial charge on any atom is 0.254 e. The quantitative estimate of drug-likeness (QED) is 0.943. The van der Waals surface area contributed by atoms with E-state index in [9.17, 15) is 9.59 Å². The van der Waals surface area contributed by atoms with E-state index in [4.69, 9.17) is 0 Å². The van der Waals surface area contributed by atoms with Gasteiger partial charge in [0.25, 0.3) is 5.91 Å². The second kappa shape index (κ2) is 6.11. The number of likely N-dealkylation sites (tertiary alicyclic amines) is 1. The first-order chi connectivity index (χ1) is 11.7. The molecule has 4 nitrogen and oxygen atoms in total. The summed E-state index contributed by atoms with van der Waals surface area (Å²) in [6, 6.07) is 18.5. The molecular weight excluding hydrogens is 300 g/mol. The van der Waals surface area contributed by atoms with Crippen molar-refractivity contribution in [2.75, 3.05) is 5.32 Å². The van der Waals surface area contributed by atoms with Crippen LogP contribution in [0.3, 0.4) is 0 Å². The van der Waals surface area contributed by atoms with Crippen molar-refractivity contribution >= 4 is 17.5 Å². The Hall–Kier alpha value is -2.62. The van der Waals surface area contributed by atoms with E-state index >= 15 is 0 Å². The van der Waals surface area contributed by atoms with Crippen LogP contribution < -0.4 is 5.32 Å². The lowest BCUT2D eigenvalue weighted by atomic mass is 9.97.